The molecule has 0 aliphatic carbocycles. The number of amides is 1. The second kappa shape index (κ2) is 11.4. The predicted molar refractivity (Wildman–Crippen MR) is 142 cm³/mol. The molecule has 5 N–H and O–H groups in total. The van der Waals surface area contributed by atoms with Gasteiger partial charge in [-0.25, -0.2) is 0 Å². The molecular weight excluding hydrogens is 442 g/mol. The van der Waals surface area contributed by atoms with Crippen molar-refractivity contribution < 1.29 is 4.79 Å². The highest BCUT2D eigenvalue weighted by Crippen LogP contribution is 2.30. The number of hydrogen-bond donors (Lipinski definition) is 3. The van der Waals surface area contributed by atoms with Crippen molar-refractivity contribution in [1.29, 1.82) is 0 Å². The van der Waals surface area contributed by atoms with Gasteiger partial charge in [-0.15, -0.1) is 11.3 Å². The molecule has 4 aromatic rings. The largest absolute Gasteiger partial charge is 0.397 e. The summed E-state index contributed by atoms with van der Waals surface area (Å²) in [4.78, 5) is 20.0. The third-order valence-electron chi connectivity index (χ3n) is 5.61. The van der Waals surface area contributed by atoms with Crippen molar-refractivity contribution in [2.24, 2.45) is 0 Å². The maximum atomic E-state index is 12.6. The van der Waals surface area contributed by atoms with Crippen LogP contribution in [0.4, 0.5) is 17.1 Å². The van der Waals surface area contributed by atoms with Crippen molar-refractivity contribution in [3.63, 3.8) is 0 Å². The molecule has 3 heterocycles. The number of nitrogens with two attached hydrogens (primary N) is 2. The molecule has 0 spiro atoms. The number of benzene rings is 2. The molecule has 2 aromatic heterocycles. The second-order valence-corrected chi connectivity index (χ2v) is 9.15. The van der Waals surface area contributed by atoms with Gasteiger partial charge in [0.15, 0.2) is 0 Å². The van der Waals surface area contributed by atoms with E-state index >= 15 is 0 Å². The predicted octanol–water partition coefficient (Wildman–Crippen LogP) is 5.51. The number of carbonyl (C=O) groups is 1. The maximum absolute atomic E-state index is 12.6. The number of nitrogen functional groups attached to an aromatic ring is 2. The molecule has 1 aliphatic rings. The molecule has 6 nitrogen and oxygen atoms in total. The van der Waals surface area contributed by atoms with Gasteiger partial charge in [0.1, 0.15) is 0 Å². The summed E-state index contributed by atoms with van der Waals surface area (Å²) >= 11 is 1.66. The molecule has 1 fully saturated rings. The lowest BCUT2D eigenvalue weighted by atomic mass is 10.1. The highest BCUT2D eigenvalue weighted by Gasteiger charge is 2.13. The summed E-state index contributed by atoms with van der Waals surface area (Å²) in [7, 11) is 0. The summed E-state index contributed by atoms with van der Waals surface area (Å²) in [6, 6.07) is 21.3. The first-order valence-corrected chi connectivity index (χ1v) is 12.2. The number of thiophene rings is 1. The molecule has 1 aliphatic heterocycles. The highest BCUT2D eigenvalue weighted by molar-refractivity contribution is 7.13. The number of anilines is 3. The summed E-state index contributed by atoms with van der Waals surface area (Å²) in [5, 5.41) is 4.99. The van der Waals surface area contributed by atoms with Crippen molar-refractivity contribution >= 4 is 34.3 Å². The maximum Gasteiger partial charge on any atom is 0.255 e. The monoisotopic (exact) mass is 471 g/mol. The highest BCUT2D eigenvalue weighted by atomic mass is 32.1. The van der Waals surface area contributed by atoms with Crippen LogP contribution in [0.25, 0.3) is 10.4 Å². The van der Waals surface area contributed by atoms with E-state index in [1.165, 1.54) is 31.5 Å². The van der Waals surface area contributed by atoms with Crippen LogP contribution in [0.1, 0.15) is 28.8 Å². The van der Waals surface area contributed by atoms with E-state index in [1.807, 2.05) is 53.9 Å². The Morgan fingerprint density at radius 2 is 1.79 bits per heavy atom. The van der Waals surface area contributed by atoms with Crippen LogP contribution in [0, 0.1) is 0 Å². The van der Waals surface area contributed by atoms with Gasteiger partial charge < -0.3 is 16.8 Å². The summed E-state index contributed by atoms with van der Waals surface area (Å²) in [5.41, 5.74) is 16.2. The fourth-order valence-corrected chi connectivity index (χ4v) is 4.52. The summed E-state index contributed by atoms with van der Waals surface area (Å²) in [6.45, 7) is 3.29. The van der Waals surface area contributed by atoms with E-state index in [-0.39, 0.29) is 5.91 Å². The zero-order chi connectivity index (χ0) is 23.8. The third-order valence-corrected chi connectivity index (χ3v) is 6.53. The molecule has 7 heteroatoms. The van der Waals surface area contributed by atoms with E-state index in [4.69, 9.17) is 11.5 Å². The minimum atomic E-state index is -0.141. The van der Waals surface area contributed by atoms with Crippen LogP contribution in [-0.4, -0.2) is 28.9 Å². The Bertz CT molecular complexity index is 1190. The van der Waals surface area contributed by atoms with Crippen LogP contribution in [0.5, 0.6) is 0 Å². The van der Waals surface area contributed by atoms with E-state index in [1.54, 1.807) is 35.9 Å². The van der Waals surface area contributed by atoms with Gasteiger partial charge in [0.25, 0.3) is 5.91 Å². The van der Waals surface area contributed by atoms with Crippen molar-refractivity contribution in [2.45, 2.75) is 19.4 Å². The van der Waals surface area contributed by atoms with Gasteiger partial charge in [-0.3, -0.25) is 14.7 Å². The first-order chi connectivity index (χ1) is 16.6. The van der Waals surface area contributed by atoms with Crippen molar-refractivity contribution in [3.05, 3.63) is 95.6 Å². The Morgan fingerprint density at radius 1 is 1.00 bits per heavy atom. The summed E-state index contributed by atoms with van der Waals surface area (Å²) in [5.74, 6) is -0.141. The van der Waals surface area contributed by atoms with Crippen molar-refractivity contribution in [1.82, 2.24) is 9.88 Å². The quantitative estimate of drug-likeness (QED) is 0.334. The molecule has 0 radical (unpaired) electrons. The summed E-state index contributed by atoms with van der Waals surface area (Å²) in [6.07, 6.45) is 5.87. The first kappa shape index (κ1) is 23.5. The van der Waals surface area contributed by atoms with Gasteiger partial charge in [-0.2, -0.15) is 0 Å². The van der Waals surface area contributed by atoms with Crippen LogP contribution in [0.3, 0.4) is 0 Å². The Kier molecular flexibility index (Phi) is 7.91. The molecule has 0 unspecified atom stereocenters. The van der Waals surface area contributed by atoms with Crippen LogP contribution in [0.15, 0.2) is 84.5 Å². The van der Waals surface area contributed by atoms with Gasteiger partial charge in [0, 0.05) is 29.4 Å². The molecule has 34 heavy (non-hydrogen) atoms. The molecule has 1 amide bonds. The van der Waals surface area contributed by atoms with E-state index < -0.39 is 0 Å². The van der Waals surface area contributed by atoms with Gasteiger partial charge >= 0.3 is 0 Å². The van der Waals surface area contributed by atoms with E-state index in [9.17, 15) is 4.79 Å². The standard InChI is InChI=1S/C22H23N3OS.C5H6N2/c23-19-10-9-18(21-4-3-13-27-21)14-20(19)24-22(26)17-7-5-16(6-8-17)15-25-11-1-2-12-25;6-5-2-1-3-7-4-5/h3-10,13-14H,1-2,11-12,15,23H2,(H,24,26);1-4H,6H2. The zero-order valence-corrected chi connectivity index (χ0v) is 19.8. The van der Waals surface area contributed by atoms with Crippen LogP contribution in [0.2, 0.25) is 0 Å². The fraction of sp³-hybridized carbons (Fsp3) is 0.185. The average molecular weight is 472 g/mol. The number of carbonyl (C=O) groups excluding carboxylic acids is 1. The Hall–Kier alpha value is -3.68. The van der Waals surface area contributed by atoms with Gasteiger partial charge in [-0.05, 0) is 84.9 Å². The van der Waals surface area contributed by atoms with E-state index in [2.05, 4.69) is 21.3 Å². The number of nitrogens with one attached hydrogen (secondary N) is 1. The van der Waals surface area contributed by atoms with Crippen molar-refractivity contribution in [2.75, 3.05) is 29.9 Å². The van der Waals surface area contributed by atoms with E-state index in [0.29, 0.717) is 22.6 Å². The Balaban J connectivity index is 0.000000336. The average Bonchev–Trinajstić information content (AvgIpc) is 3.57. The zero-order valence-electron chi connectivity index (χ0n) is 19.0. The summed E-state index contributed by atoms with van der Waals surface area (Å²) < 4.78 is 0. The fourth-order valence-electron chi connectivity index (χ4n) is 3.79. The molecule has 5 rings (SSSR count). The Morgan fingerprint density at radius 3 is 2.41 bits per heavy atom. The van der Waals surface area contributed by atoms with Crippen molar-refractivity contribution in [3.8, 4) is 10.4 Å². The lowest BCUT2D eigenvalue weighted by Gasteiger charge is -2.15. The lowest BCUT2D eigenvalue weighted by molar-refractivity contribution is 0.102. The smallest absolute Gasteiger partial charge is 0.255 e. The molecule has 0 bridgehead atoms. The SMILES string of the molecule is Nc1ccc(-c2cccs2)cc1NC(=O)c1ccc(CN2CCCC2)cc1.Nc1cccnc1. The van der Waals surface area contributed by atoms with Gasteiger partial charge in [-0.1, -0.05) is 24.3 Å². The molecule has 1 saturated heterocycles. The number of likely N-dealkylation sites (tertiary alicyclic amines) is 1. The molecule has 2 aromatic carbocycles. The molecular formula is C27H29N5OS. The van der Waals surface area contributed by atoms with Gasteiger partial charge in [0.2, 0.25) is 0 Å². The number of aromatic nitrogens is 1. The van der Waals surface area contributed by atoms with Crippen LogP contribution >= 0.6 is 11.3 Å². The first-order valence-electron chi connectivity index (χ1n) is 11.3. The second-order valence-electron chi connectivity index (χ2n) is 8.20. The number of hydrogen-bond acceptors (Lipinski definition) is 6. The van der Waals surface area contributed by atoms with E-state index in [0.717, 1.165) is 17.0 Å². The molecule has 174 valence electrons. The number of rotatable bonds is 5. The third kappa shape index (κ3) is 6.43. The molecule has 0 atom stereocenters. The lowest BCUT2D eigenvalue weighted by Crippen LogP contribution is -2.18. The number of pyridine rings is 1. The minimum absolute atomic E-state index is 0.141. The van der Waals surface area contributed by atoms with Gasteiger partial charge in [0.05, 0.1) is 17.1 Å². The Labute approximate surface area is 204 Å². The normalized spacial score (nSPS) is 13.2. The molecule has 0 saturated carbocycles. The topological polar surface area (TPSA) is 97.3 Å². The van der Waals surface area contributed by atoms with Crippen LogP contribution in [-0.2, 0) is 6.54 Å². The van der Waals surface area contributed by atoms with Crippen LogP contribution < -0.4 is 16.8 Å². The minimum Gasteiger partial charge on any atom is -0.397 e. The number of nitrogens with zero attached hydrogens (tertiary/aromatic N) is 2.